The second-order valence-electron chi connectivity index (χ2n) is 6.61. The van der Waals surface area contributed by atoms with Crippen LogP contribution < -0.4 is 9.30 Å². The highest BCUT2D eigenvalue weighted by atomic mass is 16.5. The molecule has 1 aromatic heterocycles. The number of nitrogens with zero attached hydrogens (tertiary/aromatic N) is 2. The van der Waals surface area contributed by atoms with E-state index in [1.165, 1.54) is 48.8 Å². The van der Waals surface area contributed by atoms with Crippen LogP contribution >= 0.6 is 0 Å². The predicted molar refractivity (Wildman–Crippen MR) is 90.2 cm³/mol. The minimum absolute atomic E-state index is 0.441. The van der Waals surface area contributed by atoms with Crippen LogP contribution in [0.2, 0.25) is 0 Å². The average Bonchev–Trinajstić information content (AvgIpc) is 2.54. The summed E-state index contributed by atoms with van der Waals surface area (Å²) in [4.78, 5) is 2.58. The predicted octanol–water partition coefficient (Wildman–Crippen LogP) is 3.70. The van der Waals surface area contributed by atoms with Gasteiger partial charge in [-0.25, -0.2) is 0 Å². The lowest BCUT2D eigenvalue weighted by Crippen LogP contribution is -2.38. The SMILES string of the molecule is COc1ccc2cc(CN3CCCCC3)c[n+](C(C)C)c2c1. The number of likely N-dealkylation sites (tertiary alicyclic amines) is 1. The summed E-state index contributed by atoms with van der Waals surface area (Å²) in [5.74, 6) is 0.922. The van der Waals surface area contributed by atoms with Gasteiger partial charge in [-0.15, -0.1) is 0 Å². The molecule has 0 radical (unpaired) electrons. The first-order valence-corrected chi connectivity index (χ1v) is 8.41. The van der Waals surface area contributed by atoms with Crippen molar-refractivity contribution in [3.05, 3.63) is 36.0 Å². The van der Waals surface area contributed by atoms with Gasteiger partial charge in [0.05, 0.1) is 13.2 Å². The van der Waals surface area contributed by atoms with Gasteiger partial charge in [-0.05, 0) is 58.0 Å². The second-order valence-corrected chi connectivity index (χ2v) is 6.61. The van der Waals surface area contributed by atoms with Crippen molar-refractivity contribution in [2.75, 3.05) is 20.2 Å². The van der Waals surface area contributed by atoms with E-state index < -0.39 is 0 Å². The highest BCUT2D eigenvalue weighted by molar-refractivity contribution is 5.77. The van der Waals surface area contributed by atoms with Gasteiger partial charge in [-0.1, -0.05) is 6.42 Å². The minimum atomic E-state index is 0.441. The van der Waals surface area contributed by atoms with Gasteiger partial charge >= 0.3 is 0 Å². The number of ether oxygens (including phenoxy) is 1. The van der Waals surface area contributed by atoms with Crippen molar-refractivity contribution in [3.63, 3.8) is 0 Å². The van der Waals surface area contributed by atoms with Crippen LogP contribution in [0.3, 0.4) is 0 Å². The number of methoxy groups -OCH3 is 1. The number of rotatable bonds is 4. The number of fused-ring (bicyclic) bond motifs is 1. The zero-order valence-electron chi connectivity index (χ0n) is 14.0. The van der Waals surface area contributed by atoms with Crippen LogP contribution in [0, 0.1) is 0 Å². The average molecular weight is 299 g/mol. The van der Waals surface area contributed by atoms with E-state index in [0.717, 1.165) is 12.3 Å². The number of hydrogen-bond acceptors (Lipinski definition) is 2. The smallest absolute Gasteiger partial charge is 0.216 e. The molecule has 1 fully saturated rings. The largest absolute Gasteiger partial charge is 0.497 e. The molecule has 0 N–H and O–H groups in total. The topological polar surface area (TPSA) is 16.4 Å². The normalized spacial score (nSPS) is 16.4. The summed E-state index contributed by atoms with van der Waals surface area (Å²) >= 11 is 0. The first kappa shape index (κ1) is 15.3. The minimum Gasteiger partial charge on any atom is -0.497 e. The van der Waals surface area contributed by atoms with Crippen LogP contribution in [0.15, 0.2) is 30.5 Å². The first-order chi connectivity index (χ1) is 10.7. The van der Waals surface area contributed by atoms with Crippen molar-refractivity contribution in [2.24, 2.45) is 0 Å². The Balaban J connectivity index is 1.97. The van der Waals surface area contributed by atoms with E-state index in [4.69, 9.17) is 4.74 Å². The summed E-state index contributed by atoms with van der Waals surface area (Å²) in [6.07, 6.45) is 6.39. The van der Waals surface area contributed by atoms with E-state index in [0.29, 0.717) is 6.04 Å². The molecule has 0 amide bonds. The van der Waals surface area contributed by atoms with Gasteiger partial charge < -0.3 is 4.74 Å². The molecule has 3 nitrogen and oxygen atoms in total. The molecule has 118 valence electrons. The van der Waals surface area contributed by atoms with Crippen LogP contribution in [0.25, 0.3) is 10.9 Å². The summed E-state index contributed by atoms with van der Waals surface area (Å²) in [7, 11) is 1.73. The molecule has 0 spiro atoms. The van der Waals surface area contributed by atoms with Gasteiger partial charge in [0.25, 0.3) is 0 Å². The number of pyridine rings is 1. The molecule has 0 bridgehead atoms. The van der Waals surface area contributed by atoms with Crippen molar-refractivity contribution in [1.29, 1.82) is 0 Å². The van der Waals surface area contributed by atoms with Crippen molar-refractivity contribution in [3.8, 4) is 5.75 Å². The third-order valence-corrected chi connectivity index (χ3v) is 4.57. The van der Waals surface area contributed by atoms with Crippen LogP contribution in [0.5, 0.6) is 5.75 Å². The van der Waals surface area contributed by atoms with Gasteiger partial charge in [0.2, 0.25) is 5.52 Å². The van der Waals surface area contributed by atoms with Crippen LogP contribution in [-0.4, -0.2) is 25.1 Å². The van der Waals surface area contributed by atoms with Crippen LogP contribution in [0.4, 0.5) is 0 Å². The molecule has 1 aliphatic heterocycles. The molecule has 0 unspecified atom stereocenters. The lowest BCUT2D eigenvalue weighted by molar-refractivity contribution is -0.691. The molecule has 3 heteroatoms. The highest BCUT2D eigenvalue weighted by Crippen LogP contribution is 2.21. The molecule has 0 saturated carbocycles. The zero-order valence-corrected chi connectivity index (χ0v) is 14.0. The molecule has 1 aliphatic rings. The molecule has 3 rings (SSSR count). The first-order valence-electron chi connectivity index (χ1n) is 8.41. The van der Waals surface area contributed by atoms with Crippen LogP contribution in [-0.2, 0) is 6.54 Å². The highest BCUT2D eigenvalue weighted by Gasteiger charge is 2.18. The fraction of sp³-hybridized carbons (Fsp3) is 0.526. The van der Waals surface area contributed by atoms with E-state index in [1.807, 2.05) is 0 Å². The van der Waals surface area contributed by atoms with Gasteiger partial charge in [-0.3, -0.25) is 4.90 Å². The molecule has 0 atom stereocenters. The Hall–Kier alpha value is -1.61. The van der Waals surface area contributed by atoms with E-state index >= 15 is 0 Å². The second kappa shape index (κ2) is 6.66. The number of hydrogen-bond donors (Lipinski definition) is 0. The van der Waals surface area contributed by atoms with E-state index in [2.05, 4.69) is 53.8 Å². The number of benzene rings is 1. The van der Waals surface area contributed by atoms with Gasteiger partial charge in [0.1, 0.15) is 5.75 Å². The lowest BCUT2D eigenvalue weighted by atomic mass is 10.1. The van der Waals surface area contributed by atoms with E-state index in [-0.39, 0.29) is 0 Å². The van der Waals surface area contributed by atoms with Gasteiger partial charge in [-0.2, -0.15) is 4.57 Å². The molecule has 2 heterocycles. The summed E-state index contributed by atoms with van der Waals surface area (Å²) < 4.78 is 7.76. The van der Waals surface area contributed by atoms with E-state index in [9.17, 15) is 0 Å². The summed E-state index contributed by atoms with van der Waals surface area (Å²) in [6, 6.07) is 9.14. The molecule has 1 saturated heterocycles. The molecule has 2 aromatic rings. The number of aromatic nitrogens is 1. The monoisotopic (exact) mass is 299 g/mol. The van der Waals surface area contributed by atoms with Gasteiger partial charge in [0, 0.05) is 17.5 Å². The van der Waals surface area contributed by atoms with Crippen molar-refractivity contribution in [2.45, 2.75) is 45.7 Å². The van der Waals surface area contributed by atoms with Crippen molar-refractivity contribution in [1.82, 2.24) is 4.90 Å². The Morgan fingerprint density at radius 3 is 2.59 bits per heavy atom. The maximum atomic E-state index is 5.39. The molecular weight excluding hydrogens is 272 g/mol. The molecule has 0 aliphatic carbocycles. The van der Waals surface area contributed by atoms with Crippen LogP contribution in [0.1, 0.15) is 44.7 Å². The quantitative estimate of drug-likeness (QED) is 0.800. The maximum absolute atomic E-state index is 5.39. The Morgan fingerprint density at radius 1 is 1.14 bits per heavy atom. The van der Waals surface area contributed by atoms with E-state index in [1.54, 1.807) is 7.11 Å². The molecule has 22 heavy (non-hydrogen) atoms. The number of piperidine rings is 1. The third-order valence-electron chi connectivity index (χ3n) is 4.57. The van der Waals surface area contributed by atoms with Gasteiger partial charge in [0.15, 0.2) is 12.2 Å². The summed E-state index contributed by atoms with van der Waals surface area (Å²) in [5.41, 5.74) is 2.66. The zero-order chi connectivity index (χ0) is 15.5. The summed E-state index contributed by atoms with van der Waals surface area (Å²) in [5, 5.41) is 1.30. The van der Waals surface area contributed by atoms with Crippen molar-refractivity contribution >= 4 is 10.9 Å². The Bertz CT molecular complexity index is 645. The lowest BCUT2D eigenvalue weighted by Gasteiger charge is -2.26. The van der Waals surface area contributed by atoms with Crippen molar-refractivity contribution < 1.29 is 9.30 Å². The Labute approximate surface area is 133 Å². The standard InChI is InChI=1S/C19H27N2O/c1-15(2)21-14-16(13-20-9-5-4-6-10-20)11-17-7-8-18(22-3)12-19(17)21/h7-8,11-12,14-15H,4-6,9-10,13H2,1-3H3/q+1. The Morgan fingerprint density at radius 2 is 1.91 bits per heavy atom. The fourth-order valence-corrected chi connectivity index (χ4v) is 3.37. The molecular formula is C19H27N2O+. The summed E-state index contributed by atoms with van der Waals surface area (Å²) in [6.45, 7) is 8.02. The Kier molecular flexibility index (Phi) is 4.63. The maximum Gasteiger partial charge on any atom is 0.216 e. The third kappa shape index (κ3) is 3.25. The molecule has 1 aromatic carbocycles. The fourth-order valence-electron chi connectivity index (χ4n) is 3.37.